The summed E-state index contributed by atoms with van der Waals surface area (Å²) in [5.74, 6) is -7.42. The molecule has 1 amide bonds. The molecular weight excluding hydrogens is 554 g/mol. The molecule has 0 fully saturated rings. The highest BCUT2D eigenvalue weighted by atomic mass is 16.5. The summed E-state index contributed by atoms with van der Waals surface area (Å²) in [6, 6.07) is 2.25. The van der Waals surface area contributed by atoms with E-state index in [9.17, 15) is 49.8 Å². The Morgan fingerprint density at radius 2 is 1.52 bits per heavy atom. The monoisotopic (exact) mass is 579 g/mol. The Morgan fingerprint density at radius 3 is 2.12 bits per heavy atom. The molecule has 0 radical (unpaired) electrons. The quantitative estimate of drug-likeness (QED) is 0.169. The number of hydrogen-bond acceptors (Lipinski definition) is 11. The molecular formula is C29H25NO12. The van der Waals surface area contributed by atoms with Gasteiger partial charge in [-0.2, -0.15) is 0 Å². The van der Waals surface area contributed by atoms with Crippen LogP contribution < -0.4 is 10.1 Å². The van der Waals surface area contributed by atoms with Gasteiger partial charge in [-0.3, -0.25) is 19.2 Å². The Balaban J connectivity index is 1.86. The molecule has 13 nitrogen and oxygen atoms in total. The molecule has 0 heterocycles. The minimum absolute atomic E-state index is 0.0322. The molecule has 3 aromatic rings. The van der Waals surface area contributed by atoms with Gasteiger partial charge in [0, 0.05) is 35.4 Å². The van der Waals surface area contributed by atoms with Crippen molar-refractivity contribution < 1.29 is 59.3 Å². The molecule has 5 rings (SSSR count). The molecule has 2 aliphatic rings. The first-order chi connectivity index (χ1) is 19.8. The second kappa shape index (κ2) is 9.75. The third-order valence-corrected chi connectivity index (χ3v) is 7.61. The SMILES string of the molecule is COc1cc(O)c2c(c1)C(=O)c1c(O)c3c(c(O)c1C2=O)[C@H](OC)[C@@H](O)c1cc(C)c(C(=O)N[C@@H](C)C(=O)O)c(O)c1-3. The largest absolute Gasteiger partial charge is 0.507 e. The Labute approximate surface area is 237 Å². The van der Waals surface area contributed by atoms with Gasteiger partial charge in [-0.05, 0) is 31.0 Å². The third-order valence-electron chi connectivity index (χ3n) is 7.61. The molecule has 0 bridgehead atoms. The number of aryl methyl sites for hydroxylation is 1. The van der Waals surface area contributed by atoms with Gasteiger partial charge in [0.1, 0.15) is 47.0 Å². The second-order valence-corrected chi connectivity index (χ2v) is 9.98. The highest BCUT2D eigenvalue weighted by Crippen LogP contribution is 2.59. The van der Waals surface area contributed by atoms with E-state index in [1.165, 1.54) is 40.2 Å². The van der Waals surface area contributed by atoms with E-state index in [0.29, 0.717) is 0 Å². The number of phenols is 4. The molecule has 0 spiro atoms. The van der Waals surface area contributed by atoms with Crippen molar-refractivity contribution in [2.75, 3.05) is 14.2 Å². The van der Waals surface area contributed by atoms with Gasteiger partial charge in [0.15, 0.2) is 5.78 Å². The van der Waals surface area contributed by atoms with Crippen molar-refractivity contribution in [3.8, 4) is 39.9 Å². The average molecular weight is 580 g/mol. The molecule has 0 unspecified atom stereocenters. The lowest BCUT2D eigenvalue weighted by atomic mass is 9.73. The molecule has 42 heavy (non-hydrogen) atoms. The number of hydrogen-bond donors (Lipinski definition) is 7. The molecule has 218 valence electrons. The Bertz CT molecular complexity index is 1760. The van der Waals surface area contributed by atoms with Crippen molar-refractivity contribution in [3.63, 3.8) is 0 Å². The fourth-order valence-electron chi connectivity index (χ4n) is 5.62. The predicted molar refractivity (Wildman–Crippen MR) is 142 cm³/mol. The molecule has 3 aromatic carbocycles. The van der Waals surface area contributed by atoms with Gasteiger partial charge in [-0.25, -0.2) is 0 Å². The Morgan fingerprint density at radius 1 is 0.881 bits per heavy atom. The molecule has 13 heteroatoms. The summed E-state index contributed by atoms with van der Waals surface area (Å²) in [4.78, 5) is 51.6. The summed E-state index contributed by atoms with van der Waals surface area (Å²) >= 11 is 0. The number of rotatable bonds is 5. The van der Waals surface area contributed by atoms with Gasteiger partial charge in [0.05, 0.1) is 29.4 Å². The van der Waals surface area contributed by atoms with Crippen molar-refractivity contribution in [2.45, 2.75) is 32.1 Å². The molecule has 0 aromatic heterocycles. The van der Waals surface area contributed by atoms with Gasteiger partial charge in [-0.15, -0.1) is 0 Å². The van der Waals surface area contributed by atoms with Crippen molar-refractivity contribution in [2.24, 2.45) is 0 Å². The zero-order valence-electron chi connectivity index (χ0n) is 22.6. The lowest BCUT2D eigenvalue weighted by molar-refractivity contribution is -0.138. The lowest BCUT2D eigenvalue weighted by Crippen LogP contribution is -2.38. The maximum absolute atomic E-state index is 13.7. The summed E-state index contributed by atoms with van der Waals surface area (Å²) in [5.41, 5.74) is -3.51. The van der Waals surface area contributed by atoms with E-state index in [4.69, 9.17) is 9.47 Å². The third kappa shape index (κ3) is 3.78. The van der Waals surface area contributed by atoms with Crippen LogP contribution in [-0.2, 0) is 9.53 Å². The molecule has 3 atom stereocenters. The number of ketones is 2. The highest BCUT2D eigenvalue weighted by molar-refractivity contribution is 6.32. The van der Waals surface area contributed by atoms with Crippen molar-refractivity contribution in [1.29, 1.82) is 0 Å². The lowest BCUT2D eigenvalue weighted by Gasteiger charge is -2.35. The van der Waals surface area contributed by atoms with Crippen LogP contribution in [0.1, 0.15) is 78.0 Å². The molecule has 2 aliphatic carbocycles. The number of methoxy groups -OCH3 is 2. The first kappa shape index (κ1) is 28.4. The van der Waals surface area contributed by atoms with Gasteiger partial charge in [0.25, 0.3) is 5.91 Å². The van der Waals surface area contributed by atoms with Crippen LogP contribution in [0.2, 0.25) is 0 Å². The highest BCUT2D eigenvalue weighted by Gasteiger charge is 2.46. The summed E-state index contributed by atoms with van der Waals surface area (Å²) in [6.07, 6.45) is -3.04. The van der Waals surface area contributed by atoms with Crippen LogP contribution in [-0.4, -0.2) is 74.3 Å². The number of ether oxygens (including phenoxy) is 2. The summed E-state index contributed by atoms with van der Waals surface area (Å²) < 4.78 is 10.5. The summed E-state index contributed by atoms with van der Waals surface area (Å²) in [7, 11) is 2.45. The van der Waals surface area contributed by atoms with Crippen LogP contribution in [0.5, 0.6) is 28.7 Å². The zero-order valence-corrected chi connectivity index (χ0v) is 22.6. The maximum Gasteiger partial charge on any atom is 0.325 e. The number of aromatic hydroxyl groups is 4. The van der Waals surface area contributed by atoms with Crippen molar-refractivity contribution in [1.82, 2.24) is 5.32 Å². The molecule has 7 N–H and O–H groups in total. The number of aliphatic carboxylic acids is 1. The van der Waals surface area contributed by atoms with Crippen LogP contribution >= 0.6 is 0 Å². The molecule has 0 aliphatic heterocycles. The Hall–Kier alpha value is -5.14. The fourth-order valence-corrected chi connectivity index (χ4v) is 5.62. The van der Waals surface area contributed by atoms with E-state index in [2.05, 4.69) is 5.32 Å². The van der Waals surface area contributed by atoms with Gasteiger partial charge in [0.2, 0.25) is 5.78 Å². The first-order valence-corrected chi connectivity index (χ1v) is 12.5. The first-order valence-electron chi connectivity index (χ1n) is 12.5. The van der Waals surface area contributed by atoms with E-state index in [0.717, 1.165) is 6.07 Å². The van der Waals surface area contributed by atoms with E-state index < -0.39 is 92.5 Å². The summed E-state index contributed by atoms with van der Waals surface area (Å²) in [5, 5.41) is 67.7. The van der Waals surface area contributed by atoms with E-state index >= 15 is 0 Å². The summed E-state index contributed by atoms with van der Waals surface area (Å²) in [6.45, 7) is 2.63. The van der Waals surface area contributed by atoms with Crippen molar-refractivity contribution in [3.05, 3.63) is 62.7 Å². The number of carbonyl (C=O) groups is 4. The second-order valence-electron chi connectivity index (χ2n) is 9.98. The van der Waals surface area contributed by atoms with E-state index in [1.54, 1.807) is 0 Å². The number of carboxylic acids is 1. The average Bonchev–Trinajstić information content (AvgIpc) is 2.93. The minimum atomic E-state index is -1.61. The van der Waals surface area contributed by atoms with Gasteiger partial charge >= 0.3 is 5.97 Å². The smallest absolute Gasteiger partial charge is 0.325 e. The molecule has 0 saturated heterocycles. The number of amides is 1. The normalized spacial score (nSPS) is 17.5. The number of phenolic OH excluding ortho intramolecular Hbond substituents is 4. The van der Waals surface area contributed by atoms with E-state index in [-0.39, 0.29) is 33.6 Å². The number of nitrogens with one attached hydrogen (secondary N) is 1. The fraction of sp³-hybridized carbons (Fsp3) is 0.241. The Kier molecular flexibility index (Phi) is 6.59. The number of carboxylic acid groups (broad SMARTS) is 1. The van der Waals surface area contributed by atoms with Crippen LogP contribution in [0.4, 0.5) is 0 Å². The number of aliphatic hydroxyl groups is 1. The number of fused-ring (bicyclic) bond motifs is 5. The maximum atomic E-state index is 13.7. The molecule has 0 saturated carbocycles. The van der Waals surface area contributed by atoms with Crippen LogP contribution in [0.15, 0.2) is 18.2 Å². The standard InChI is InChI=1S/C29H25NO12/c1-8-5-11-16(23(34)14(8)28(38)30-9(2)29(39)40)17-20(27(42-4)22(11)33)26(37)19-18(25(17)36)21(32)12-6-10(41-3)7-13(31)15(12)24(19)35/h5-7,9,22,27,31,33-34,36-37H,1-4H3,(H,30,38)(H,39,40)/t9-,22-,27-/m0/s1. The zero-order chi connectivity index (χ0) is 30.9. The number of aliphatic hydroxyl groups excluding tert-OH is 1. The topological polar surface area (TPSA) is 220 Å². The number of benzene rings is 3. The van der Waals surface area contributed by atoms with Gasteiger partial charge in [-0.1, -0.05) is 6.07 Å². The van der Waals surface area contributed by atoms with Crippen LogP contribution in [0.25, 0.3) is 11.1 Å². The number of carbonyl (C=O) groups excluding carboxylic acids is 3. The van der Waals surface area contributed by atoms with Gasteiger partial charge < -0.3 is 45.4 Å². The predicted octanol–water partition coefficient (Wildman–Crippen LogP) is 2.21. The van der Waals surface area contributed by atoms with Crippen molar-refractivity contribution >= 4 is 23.4 Å². The van der Waals surface area contributed by atoms with E-state index in [1.807, 2.05) is 0 Å². The minimum Gasteiger partial charge on any atom is -0.507 e. The van der Waals surface area contributed by atoms with Crippen LogP contribution in [0.3, 0.4) is 0 Å². The van der Waals surface area contributed by atoms with Crippen LogP contribution in [0, 0.1) is 6.92 Å².